The predicted octanol–water partition coefficient (Wildman–Crippen LogP) is 0.0770. The number of nitriles is 1. The van der Waals surface area contributed by atoms with Gasteiger partial charge < -0.3 is 10.8 Å². The van der Waals surface area contributed by atoms with Crippen LogP contribution in [0, 0.1) is 11.3 Å². The molecule has 0 bridgehead atoms. The van der Waals surface area contributed by atoms with Gasteiger partial charge in [-0.1, -0.05) is 12.1 Å². The molecule has 0 spiro atoms. The van der Waals surface area contributed by atoms with E-state index in [1.165, 1.54) is 24.3 Å². The van der Waals surface area contributed by atoms with Crippen molar-refractivity contribution in [3.8, 4) is 6.07 Å². The lowest BCUT2D eigenvalue weighted by atomic mass is 10.1. The molecule has 1 aromatic carbocycles. The Morgan fingerprint density at radius 2 is 2.00 bits per heavy atom. The van der Waals surface area contributed by atoms with Crippen molar-refractivity contribution in [1.82, 2.24) is 0 Å². The van der Waals surface area contributed by atoms with Gasteiger partial charge in [-0.15, -0.1) is 0 Å². The van der Waals surface area contributed by atoms with Crippen LogP contribution in [0.25, 0.3) is 0 Å². The Morgan fingerprint density at radius 3 is 2.38 bits per heavy atom. The zero-order chi connectivity index (χ0) is 9.84. The van der Waals surface area contributed by atoms with Crippen LogP contribution < -0.4 is 5.73 Å². The second-order valence-electron chi connectivity index (χ2n) is 2.54. The lowest BCUT2D eigenvalue weighted by molar-refractivity contribution is -0.126. The Labute approximate surface area is 75.2 Å². The fraction of sp³-hybridized carbons (Fsp3) is 0.111. The minimum atomic E-state index is -1.30. The summed E-state index contributed by atoms with van der Waals surface area (Å²) in [7, 11) is 0. The molecular weight excluding hydrogens is 168 g/mol. The zero-order valence-corrected chi connectivity index (χ0v) is 6.77. The molecule has 0 aliphatic carbocycles. The third kappa shape index (κ3) is 2.04. The van der Waals surface area contributed by atoms with Gasteiger partial charge in [-0.2, -0.15) is 5.26 Å². The maximum absolute atomic E-state index is 10.6. The lowest BCUT2D eigenvalue weighted by Gasteiger charge is -2.05. The molecule has 1 atom stereocenters. The Bertz CT molecular complexity index is 351. The molecule has 1 aromatic rings. The van der Waals surface area contributed by atoms with Gasteiger partial charge >= 0.3 is 0 Å². The molecule has 4 nitrogen and oxygen atoms in total. The molecule has 1 unspecified atom stereocenters. The van der Waals surface area contributed by atoms with Crippen molar-refractivity contribution >= 4 is 5.91 Å². The number of nitrogens with zero attached hydrogens (tertiary/aromatic N) is 1. The third-order valence-corrected chi connectivity index (χ3v) is 1.63. The number of hydrogen-bond donors (Lipinski definition) is 2. The van der Waals surface area contributed by atoms with Crippen LogP contribution in [0.5, 0.6) is 0 Å². The van der Waals surface area contributed by atoms with E-state index < -0.39 is 12.0 Å². The Balaban J connectivity index is 2.93. The van der Waals surface area contributed by atoms with Crippen molar-refractivity contribution in [2.45, 2.75) is 6.10 Å². The molecule has 3 N–H and O–H groups in total. The monoisotopic (exact) mass is 176 g/mol. The van der Waals surface area contributed by atoms with Crippen LogP contribution >= 0.6 is 0 Å². The van der Waals surface area contributed by atoms with Crippen molar-refractivity contribution in [2.75, 3.05) is 0 Å². The van der Waals surface area contributed by atoms with Crippen molar-refractivity contribution < 1.29 is 9.90 Å². The highest BCUT2D eigenvalue weighted by atomic mass is 16.3. The molecule has 0 aromatic heterocycles. The van der Waals surface area contributed by atoms with E-state index in [9.17, 15) is 9.90 Å². The molecule has 1 amide bonds. The van der Waals surface area contributed by atoms with Crippen molar-refractivity contribution in [3.63, 3.8) is 0 Å². The molecule has 0 fully saturated rings. The highest BCUT2D eigenvalue weighted by Gasteiger charge is 2.12. The number of carbonyl (C=O) groups is 1. The SMILES string of the molecule is N#Cc1ccc(C(O)C(N)=O)cc1. The van der Waals surface area contributed by atoms with Crippen LogP contribution in [-0.4, -0.2) is 11.0 Å². The number of carbonyl (C=O) groups excluding carboxylic acids is 1. The second-order valence-corrected chi connectivity index (χ2v) is 2.54. The summed E-state index contributed by atoms with van der Waals surface area (Å²) in [6, 6.07) is 7.94. The van der Waals surface area contributed by atoms with Gasteiger partial charge in [-0.05, 0) is 17.7 Å². The molecular formula is C9H8N2O2. The van der Waals surface area contributed by atoms with Gasteiger partial charge in [0.1, 0.15) is 0 Å². The van der Waals surface area contributed by atoms with Crippen LogP contribution in [0.3, 0.4) is 0 Å². The van der Waals surface area contributed by atoms with E-state index in [0.717, 1.165) is 0 Å². The molecule has 0 aliphatic rings. The Hall–Kier alpha value is -1.86. The van der Waals surface area contributed by atoms with Crippen molar-refractivity contribution in [1.29, 1.82) is 5.26 Å². The fourth-order valence-electron chi connectivity index (χ4n) is 0.904. The summed E-state index contributed by atoms with van der Waals surface area (Å²) in [5, 5.41) is 17.7. The summed E-state index contributed by atoms with van der Waals surface area (Å²) in [6.45, 7) is 0. The summed E-state index contributed by atoms with van der Waals surface area (Å²) in [4.78, 5) is 10.6. The van der Waals surface area contributed by atoms with Gasteiger partial charge in [0.2, 0.25) is 0 Å². The summed E-state index contributed by atoms with van der Waals surface area (Å²) in [6.07, 6.45) is -1.30. The van der Waals surface area contributed by atoms with Crippen LogP contribution in [-0.2, 0) is 4.79 Å². The highest BCUT2D eigenvalue weighted by molar-refractivity contribution is 5.80. The van der Waals surface area contributed by atoms with Crippen molar-refractivity contribution in [3.05, 3.63) is 35.4 Å². The fourth-order valence-corrected chi connectivity index (χ4v) is 0.904. The maximum atomic E-state index is 10.6. The zero-order valence-electron chi connectivity index (χ0n) is 6.77. The molecule has 13 heavy (non-hydrogen) atoms. The normalized spacial score (nSPS) is 11.7. The second kappa shape index (κ2) is 3.70. The van der Waals surface area contributed by atoms with Gasteiger partial charge in [0.15, 0.2) is 6.10 Å². The van der Waals surface area contributed by atoms with Crippen molar-refractivity contribution in [2.24, 2.45) is 5.73 Å². The predicted molar refractivity (Wildman–Crippen MR) is 45.3 cm³/mol. The quantitative estimate of drug-likeness (QED) is 0.668. The van der Waals surface area contributed by atoms with E-state index in [1.54, 1.807) is 0 Å². The number of benzene rings is 1. The first kappa shape index (κ1) is 9.23. The molecule has 0 heterocycles. The van der Waals surface area contributed by atoms with Crippen LogP contribution in [0.4, 0.5) is 0 Å². The topological polar surface area (TPSA) is 87.1 Å². The number of aliphatic hydroxyl groups excluding tert-OH is 1. The lowest BCUT2D eigenvalue weighted by Crippen LogP contribution is -2.20. The standard InChI is InChI=1S/C9H8N2O2/c10-5-6-1-3-7(4-2-6)8(12)9(11)13/h1-4,8,12H,(H2,11,13). The smallest absolute Gasteiger partial charge is 0.250 e. The number of aliphatic hydroxyl groups is 1. The minimum absolute atomic E-state index is 0.395. The van der Waals surface area contributed by atoms with E-state index in [-0.39, 0.29) is 0 Å². The van der Waals surface area contributed by atoms with Gasteiger partial charge in [-0.25, -0.2) is 0 Å². The molecule has 66 valence electrons. The van der Waals surface area contributed by atoms with E-state index in [4.69, 9.17) is 11.0 Å². The summed E-state index contributed by atoms with van der Waals surface area (Å²) in [5.74, 6) is -0.801. The molecule has 4 heteroatoms. The number of hydrogen-bond acceptors (Lipinski definition) is 3. The largest absolute Gasteiger partial charge is 0.378 e. The van der Waals surface area contributed by atoms with Crippen LogP contribution in [0.2, 0.25) is 0 Å². The van der Waals surface area contributed by atoms with Gasteiger partial charge in [0.25, 0.3) is 5.91 Å². The summed E-state index contributed by atoms with van der Waals surface area (Å²) < 4.78 is 0. The highest BCUT2D eigenvalue weighted by Crippen LogP contribution is 2.12. The van der Waals surface area contributed by atoms with E-state index >= 15 is 0 Å². The average molecular weight is 176 g/mol. The summed E-state index contributed by atoms with van der Waals surface area (Å²) in [5.41, 5.74) is 5.75. The van der Waals surface area contributed by atoms with Crippen LogP contribution in [0.15, 0.2) is 24.3 Å². The first-order chi connectivity index (χ1) is 6.15. The molecule has 0 radical (unpaired) electrons. The number of amides is 1. The Kier molecular flexibility index (Phi) is 2.62. The average Bonchev–Trinajstić information content (AvgIpc) is 2.17. The van der Waals surface area contributed by atoms with E-state index in [2.05, 4.69) is 0 Å². The number of nitrogens with two attached hydrogens (primary N) is 1. The molecule has 0 saturated heterocycles. The minimum Gasteiger partial charge on any atom is -0.378 e. The van der Waals surface area contributed by atoms with Gasteiger partial charge in [0.05, 0.1) is 11.6 Å². The summed E-state index contributed by atoms with van der Waals surface area (Å²) >= 11 is 0. The molecule has 1 rings (SSSR count). The third-order valence-electron chi connectivity index (χ3n) is 1.63. The first-order valence-corrected chi connectivity index (χ1v) is 3.62. The molecule has 0 aliphatic heterocycles. The van der Waals surface area contributed by atoms with E-state index in [1.807, 2.05) is 6.07 Å². The van der Waals surface area contributed by atoms with Crippen LogP contribution in [0.1, 0.15) is 17.2 Å². The number of primary amides is 1. The number of rotatable bonds is 2. The first-order valence-electron chi connectivity index (χ1n) is 3.62. The Morgan fingerprint density at radius 1 is 1.46 bits per heavy atom. The molecule has 0 saturated carbocycles. The van der Waals surface area contributed by atoms with Gasteiger partial charge in [0, 0.05) is 0 Å². The maximum Gasteiger partial charge on any atom is 0.250 e. The van der Waals surface area contributed by atoms with E-state index in [0.29, 0.717) is 11.1 Å². The van der Waals surface area contributed by atoms with Gasteiger partial charge in [-0.3, -0.25) is 4.79 Å².